The number of ketones is 1. The molecule has 5 N–H and O–H groups in total. The van der Waals surface area contributed by atoms with Crippen LogP contribution in [0.15, 0.2) is 0 Å². The fourth-order valence-electron chi connectivity index (χ4n) is 2.24. The van der Waals surface area contributed by atoms with E-state index in [9.17, 15) is 19.8 Å². The zero-order valence-corrected chi connectivity index (χ0v) is 17.6. The molecule has 0 aliphatic heterocycles. The van der Waals surface area contributed by atoms with E-state index in [0.29, 0.717) is 13.2 Å². The smallest absolute Gasteiger partial charge is 0.315 e. The van der Waals surface area contributed by atoms with Crippen LogP contribution >= 0.6 is 0 Å². The molecule has 0 atom stereocenters. The predicted octanol–water partition coefficient (Wildman–Crippen LogP) is 2.49. The first kappa shape index (κ1) is 28.2. The van der Waals surface area contributed by atoms with E-state index in [0.717, 1.165) is 39.5 Å². The first-order chi connectivity index (χ1) is 12.3. The van der Waals surface area contributed by atoms with Gasteiger partial charge in [0.05, 0.1) is 0 Å². The fourth-order valence-corrected chi connectivity index (χ4v) is 2.24. The van der Waals surface area contributed by atoms with Gasteiger partial charge in [-0.25, -0.2) is 0 Å². The molecule has 0 aromatic heterocycles. The Morgan fingerprint density at radius 2 is 0.963 bits per heavy atom. The number of aliphatic carboxylic acids is 1. The number of aliphatic hydroxyl groups excluding tert-OH is 2. The summed E-state index contributed by atoms with van der Waals surface area (Å²) in [6.07, 6.45) is 9.30. The van der Waals surface area contributed by atoms with Crippen LogP contribution in [0.4, 0.5) is 0 Å². The Morgan fingerprint density at radius 3 is 1.19 bits per heavy atom. The molecule has 0 aromatic rings. The van der Waals surface area contributed by atoms with Crippen molar-refractivity contribution in [3.8, 4) is 0 Å². The van der Waals surface area contributed by atoms with Gasteiger partial charge in [-0.3, -0.25) is 9.59 Å². The van der Waals surface area contributed by atoms with E-state index in [4.69, 9.17) is 15.3 Å². The minimum atomic E-state index is -2.88. The molecule has 0 saturated carbocycles. The number of aliphatic hydroxyl groups is 4. The molecular weight excluding hydrogens is 352 g/mol. The lowest BCUT2D eigenvalue weighted by atomic mass is 9.73. The summed E-state index contributed by atoms with van der Waals surface area (Å²) in [4.78, 5) is 22.5. The molecule has 0 heterocycles. The topological polar surface area (TPSA) is 135 Å². The molecule has 0 unspecified atom stereocenters. The number of carbonyl (C=O) groups excluding carboxylic acids is 1. The zero-order chi connectivity index (χ0) is 21.7. The van der Waals surface area contributed by atoms with Crippen LogP contribution in [0.2, 0.25) is 0 Å². The highest BCUT2D eigenvalue weighted by atomic mass is 16.5. The maximum Gasteiger partial charge on any atom is 0.315 e. The van der Waals surface area contributed by atoms with Gasteiger partial charge in [-0.1, -0.05) is 59.3 Å². The second-order valence-electron chi connectivity index (χ2n) is 8.46. The Balaban J connectivity index is 0. The van der Waals surface area contributed by atoms with E-state index in [1.165, 1.54) is 46.5 Å². The molecular formula is C20H40O7. The van der Waals surface area contributed by atoms with Gasteiger partial charge in [0.15, 0.2) is 5.78 Å². The third kappa shape index (κ3) is 10.8. The molecule has 0 fully saturated rings. The number of hydrogen-bond donors (Lipinski definition) is 5. The molecule has 0 aliphatic carbocycles. The lowest BCUT2D eigenvalue weighted by molar-refractivity contribution is -0.235. The van der Waals surface area contributed by atoms with Crippen LogP contribution in [0, 0.1) is 10.8 Å². The summed E-state index contributed by atoms with van der Waals surface area (Å²) in [7, 11) is 0. The maximum atomic E-state index is 11.7. The lowest BCUT2D eigenvalue weighted by Crippen LogP contribution is -2.58. The first-order valence-electron chi connectivity index (χ1n) is 9.71. The summed E-state index contributed by atoms with van der Waals surface area (Å²) in [5.74, 6) is -5.23. The van der Waals surface area contributed by atoms with Crippen LogP contribution in [0.25, 0.3) is 0 Å². The third-order valence-electron chi connectivity index (χ3n) is 4.47. The van der Waals surface area contributed by atoms with E-state index in [1.54, 1.807) is 0 Å². The Kier molecular flexibility index (Phi) is 13.8. The van der Waals surface area contributed by atoms with Gasteiger partial charge >= 0.3 is 5.97 Å². The summed E-state index contributed by atoms with van der Waals surface area (Å²) < 4.78 is 0. The van der Waals surface area contributed by atoms with Crippen molar-refractivity contribution < 1.29 is 35.1 Å². The summed E-state index contributed by atoms with van der Waals surface area (Å²) in [5.41, 5.74) is -2.96. The number of rotatable bonds is 12. The number of carboxylic acids is 1. The second kappa shape index (κ2) is 13.2. The summed E-state index contributed by atoms with van der Waals surface area (Å²) in [5, 5.41) is 45.1. The molecule has 0 bridgehead atoms. The Hall–Kier alpha value is -1.02. The van der Waals surface area contributed by atoms with Gasteiger partial charge < -0.3 is 25.5 Å². The molecule has 0 aliphatic rings. The average molecular weight is 393 g/mol. The highest BCUT2D eigenvalue weighted by Crippen LogP contribution is 2.35. The Bertz CT molecular complexity index is 413. The quantitative estimate of drug-likeness (QED) is 0.254. The highest BCUT2D eigenvalue weighted by molar-refractivity contribution is 5.95. The van der Waals surface area contributed by atoms with Crippen LogP contribution in [0.5, 0.6) is 0 Å². The molecule has 0 spiro atoms. The third-order valence-corrected chi connectivity index (χ3v) is 4.47. The van der Waals surface area contributed by atoms with Crippen molar-refractivity contribution >= 4 is 11.8 Å². The predicted molar refractivity (Wildman–Crippen MR) is 104 cm³/mol. The molecule has 27 heavy (non-hydrogen) atoms. The van der Waals surface area contributed by atoms with Crippen molar-refractivity contribution in [1.82, 2.24) is 0 Å². The van der Waals surface area contributed by atoms with Crippen LogP contribution in [0.3, 0.4) is 0 Å². The van der Waals surface area contributed by atoms with Crippen molar-refractivity contribution in [1.29, 1.82) is 0 Å². The van der Waals surface area contributed by atoms with Crippen LogP contribution in [-0.2, 0) is 9.59 Å². The van der Waals surface area contributed by atoms with Crippen molar-refractivity contribution in [2.24, 2.45) is 10.8 Å². The standard InChI is InChI=1S/C10H18O5.C10H22O2/c1-8(2,3)6(11)10(14,15)9(4,5)7(12)13;11-9-7-5-3-1-2-4-6-8-10-12/h14-15H,1-5H3,(H,12,13);11-12H,1-10H2. The normalized spacial score (nSPS) is 12.3. The largest absolute Gasteiger partial charge is 0.481 e. The minimum Gasteiger partial charge on any atom is -0.481 e. The summed E-state index contributed by atoms with van der Waals surface area (Å²) >= 11 is 0. The van der Waals surface area contributed by atoms with E-state index < -0.39 is 28.4 Å². The Labute approximate surface area is 163 Å². The van der Waals surface area contributed by atoms with Gasteiger partial charge in [0.25, 0.3) is 0 Å². The van der Waals surface area contributed by atoms with E-state index in [-0.39, 0.29) is 0 Å². The number of unbranched alkanes of at least 4 members (excludes halogenated alkanes) is 7. The average Bonchev–Trinajstić information content (AvgIpc) is 2.56. The number of carbonyl (C=O) groups is 2. The SMILES string of the molecule is CC(C)(C)C(=O)C(O)(O)C(C)(C)C(=O)O.OCCCCCCCCCCO. The molecule has 0 amide bonds. The van der Waals surface area contributed by atoms with Gasteiger partial charge in [-0.2, -0.15) is 0 Å². The van der Waals surface area contributed by atoms with Crippen molar-refractivity contribution in [2.45, 2.75) is 91.8 Å². The first-order valence-corrected chi connectivity index (χ1v) is 9.71. The molecule has 162 valence electrons. The van der Waals surface area contributed by atoms with Gasteiger partial charge in [-0.15, -0.1) is 0 Å². The number of hydrogen-bond acceptors (Lipinski definition) is 6. The number of carboxylic acid groups (broad SMARTS) is 1. The highest BCUT2D eigenvalue weighted by Gasteiger charge is 2.56. The molecule has 0 saturated heterocycles. The zero-order valence-electron chi connectivity index (χ0n) is 17.6. The summed E-state index contributed by atoms with van der Waals surface area (Å²) in [6, 6.07) is 0. The number of Topliss-reactive ketones (excluding diaryl/α,β-unsaturated/α-hetero) is 1. The van der Waals surface area contributed by atoms with Crippen molar-refractivity contribution in [2.75, 3.05) is 13.2 Å². The van der Waals surface area contributed by atoms with Gasteiger partial charge in [0.2, 0.25) is 5.79 Å². The van der Waals surface area contributed by atoms with Gasteiger partial charge in [0.1, 0.15) is 5.41 Å². The van der Waals surface area contributed by atoms with Crippen LogP contribution < -0.4 is 0 Å². The molecule has 0 aromatic carbocycles. The molecule has 0 rings (SSSR count). The van der Waals surface area contributed by atoms with E-state index >= 15 is 0 Å². The monoisotopic (exact) mass is 392 g/mol. The lowest BCUT2D eigenvalue weighted by Gasteiger charge is -2.37. The fraction of sp³-hybridized carbons (Fsp3) is 0.900. The molecule has 0 radical (unpaired) electrons. The minimum absolute atomic E-state index is 0.338. The van der Waals surface area contributed by atoms with Crippen molar-refractivity contribution in [3.63, 3.8) is 0 Å². The van der Waals surface area contributed by atoms with Crippen molar-refractivity contribution in [3.05, 3.63) is 0 Å². The molecule has 7 heteroatoms. The van der Waals surface area contributed by atoms with Crippen LogP contribution in [0.1, 0.15) is 86.0 Å². The molecule has 7 nitrogen and oxygen atoms in total. The summed E-state index contributed by atoms with van der Waals surface area (Å²) in [6.45, 7) is 7.35. The van der Waals surface area contributed by atoms with Gasteiger partial charge in [-0.05, 0) is 26.7 Å². The van der Waals surface area contributed by atoms with Crippen LogP contribution in [-0.4, -0.2) is 56.3 Å². The second-order valence-corrected chi connectivity index (χ2v) is 8.46. The van der Waals surface area contributed by atoms with E-state index in [1.807, 2.05) is 0 Å². The van der Waals surface area contributed by atoms with E-state index in [2.05, 4.69) is 0 Å². The Morgan fingerprint density at radius 1 is 0.667 bits per heavy atom. The maximum absolute atomic E-state index is 11.7. The van der Waals surface area contributed by atoms with Gasteiger partial charge in [0, 0.05) is 18.6 Å².